The molecule has 4 rings (SSSR count). The third kappa shape index (κ3) is 4.45. The Bertz CT molecular complexity index is 1010. The first-order valence-corrected chi connectivity index (χ1v) is 11.6. The Morgan fingerprint density at radius 3 is 2.85 bits per heavy atom. The lowest BCUT2D eigenvalue weighted by Gasteiger charge is -2.25. The highest BCUT2D eigenvalue weighted by atomic mass is 32.2. The molecule has 0 unspecified atom stereocenters. The van der Waals surface area contributed by atoms with Gasteiger partial charge in [-0.25, -0.2) is 8.42 Å². The molecule has 0 saturated carbocycles. The van der Waals surface area contributed by atoms with Gasteiger partial charge in [-0.1, -0.05) is 35.0 Å². The highest BCUT2D eigenvalue weighted by Gasteiger charge is 2.33. The van der Waals surface area contributed by atoms with Crippen molar-refractivity contribution >= 4 is 21.2 Å². The minimum Gasteiger partial charge on any atom is -0.338 e. The van der Waals surface area contributed by atoms with E-state index in [0.717, 1.165) is 11.1 Å². The minimum atomic E-state index is -2.96. The Morgan fingerprint density at radius 2 is 2.15 bits per heavy atom. The molecule has 0 amide bonds. The molecule has 27 heavy (non-hydrogen) atoms. The summed E-state index contributed by atoms with van der Waals surface area (Å²) in [6, 6.07) is 12.0. The van der Waals surface area contributed by atoms with Crippen LogP contribution in [0.5, 0.6) is 0 Å². The molecule has 1 atom stereocenters. The summed E-state index contributed by atoms with van der Waals surface area (Å²) in [6.07, 6.45) is 0.645. The highest BCUT2D eigenvalue weighted by Crippen LogP contribution is 2.24. The van der Waals surface area contributed by atoms with Crippen LogP contribution in [0.4, 0.5) is 0 Å². The second kappa shape index (κ2) is 7.53. The molecule has 0 spiro atoms. The van der Waals surface area contributed by atoms with E-state index < -0.39 is 9.84 Å². The van der Waals surface area contributed by atoms with Crippen molar-refractivity contribution < 1.29 is 12.9 Å². The van der Waals surface area contributed by atoms with Crippen molar-refractivity contribution in [2.75, 3.05) is 11.5 Å². The zero-order valence-corrected chi connectivity index (χ0v) is 16.7. The first kappa shape index (κ1) is 18.3. The van der Waals surface area contributed by atoms with Crippen LogP contribution in [-0.4, -0.2) is 41.0 Å². The first-order valence-electron chi connectivity index (χ1n) is 8.85. The molecular formula is C19H21N3O3S2. The van der Waals surface area contributed by atoms with Crippen molar-refractivity contribution in [3.05, 3.63) is 58.1 Å². The quantitative estimate of drug-likeness (QED) is 0.629. The van der Waals surface area contributed by atoms with E-state index in [1.165, 1.54) is 4.88 Å². The van der Waals surface area contributed by atoms with Crippen molar-refractivity contribution in [3.8, 4) is 11.4 Å². The Hall–Kier alpha value is -2.03. The Kier molecular flexibility index (Phi) is 5.12. The monoisotopic (exact) mass is 403 g/mol. The molecular weight excluding hydrogens is 382 g/mol. The Labute approximate surface area is 162 Å². The summed E-state index contributed by atoms with van der Waals surface area (Å²) in [5.41, 5.74) is 2.05. The van der Waals surface area contributed by atoms with Crippen LogP contribution in [0.3, 0.4) is 0 Å². The standard InChI is InChI=1S/C19H21N3O3S2/c1-14-4-2-5-15(10-14)19-20-18(25-21-19)12-22(11-17-6-3-8-26-17)16-7-9-27(23,24)13-16/h2-6,8,10,16H,7,9,11-13H2,1H3/t16-/m1/s1. The third-order valence-electron chi connectivity index (χ3n) is 4.75. The van der Waals surface area contributed by atoms with Crippen molar-refractivity contribution in [1.29, 1.82) is 0 Å². The summed E-state index contributed by atoms with van der Waals surface area (Å²) >= 11 is 1.67. The van der Waals surface area contributed by atoms with E-state index >= 15 is 0 Å². The largest absolute Gasteiger partial charge is 0.338 e. The van der Waals surface area contributed by atoms with Crippen LogP contribution >= 0.6 is 11.3 Å². The minimum absolute atomic E-state index is 0.0218. The maximum atomic E-state index is 11.9. The second-order valence-corrected chi connectivity index (χ2v) is 10.2. The molecule has 142 valence electrons. The van der Waals surface area contributed by atoms with Gasteiger partial charge in [0.2, 0.25) is 11.7 Å². The summed E-state index contributed by atoms with van der Waals surface area (Å²) < 4.78 is 29.4. The van der Waals surface area contributed by atoms with E-state index in [1.54, 1.807) is 11.3 Å². The molecule has 1 saturated heterocycles. The van der Waals surface area contributed by atoms with Gasteiger partial charge in [0, 0.05) is 23.0 Å². The van der Waals surface area contributed by atoms with Gasteiger partial charge in [0.25, 0.3) is 0 Å². The fourth-order valence-electron chi connectivity index (χ4n) is 3.37. The van der Waals surface area contributed by atoms with E-state index in [2.05, 4.69) is 21.1 Å². The predicted molar refractivity (Wildman–Crippen MR) is 105 cm³/mol. The lowest BCUT2D eigenvalue weighted by molar-refractivity contribution is 0.170. The number of sulfone groups is 1. The molecule has 0 N–H and O–H groups in total. The Balaban J connectivity index is 1.54. The van der Waals surface area contributed by atoms with Gasteiger partial charge in [-0.2, -0.15) is 4.98 Å². The van der Waals surface area contributed by atoms with Crippen LogP contribution < -0.4 is 0 Å². The number of thiophene rings is 1. The average molecular weight is 404 g/mol. The molecule has 2 aromatic heterocycles. The van der Waals surface area contributed by atoms with Crippen LogP contribution in [0.25, 0.3) is 11.4 Å². The lowest BCUT2D eigenvalue weighted by atomic mass is 10.1. The van der Waals surface area contributed by atoms with Gasteiger partial charge < -0.3 is 4.52 Å². The molecule has 8 heteroatoms. The number of aryl methyl sites for hydroxylation is 1. The number of nitrogens with zero attached hydrogens (tertiary/aromatic N) is 3. The topological polar surface area (TPSA) is 76.3 Å². The molecule has 3 aromatic rings. The van der Waals surface area contributed by atoms with E-state index in [-0.39, 0.29) is 17.5 Å². The SMILES string of the molecule is Cc1cccc(-c2noc(CN(Cc3cccs3)[C@@H]3CCS(=O)(=O)C3)n2)c1. The molecule has 6 nitrogen and oxygen atoms in total. The molecule has 3 heterocycles. The van der Waals surface area contributed by atoms with Crippen molar-refractivity contribution in [1.82, 2.24) is 15.0 Å². The number of benzene rings is 1. The normalized spacial score (nSPS) is 19.0. The maximum Gasteiger partial charge on any atom is 0.241 e. The summed E-state index contributed by atoms with van der Waals surface area (Å²) in [4.78, 5) is 7.87. The average Bonchev–Trinajstić information content (AvgIpc) is 3.35. The second-order valence-electron chi connectivity index (χ2n) is 6.92. The molecule has 1 aromatic carbocycles. The third-order valence-corrected chi connectivity index (χ3v) is 7.36. The maximum absolute atomic E-state index is 11.9. The zero-order chi connectivity index (χ0) is 18.9. The summed E-state index contributed by atoms with van der Waals surface area (Å²) in [5.74, 6) is 1.50. The fourth-order valence-corrected chi connectivity index (χ4v) is 5.87. The molecule has 1 aliphatic heterocycles. The molecule has 0 bridgehead atoms. The van der Waals surface area contributed by atoms with Gasteiger partial charge in [0.15, 0.2) is 9.84 Å². The van der Waals surface area contributed by atoms with Crippen molar-refractivity contribution in [2.45, 2.75) is 32.5 Å². The van der Waals surface area contributed by atoms with Crippen LogP contribution in [0.15, 0.2) is 46.3 Å². The number of rotatable bonds is 6. The number of hydrogen-bond donors (Lipinski definition) is 0. The van der Waals surface area contributed by atoms with Crippen LogP contribution in [0, 0.1) is 6.92 Å². The van der Waals surface area contributed by atoms with Gasteiger partial charge in [-0.3, -0.25) is 4.90 Å². The molecule has 1 aliphatic rings. The number of aromatic nitrogens is 2. The van der Waals surface area contributed by atoms with E-state index in [9.17, 15) is 8.42 Å². The highest BCUT2D eigenvalue weighted by molar-refractivity contribution is 7.91. The summed E-state index contributed by atoms with van der Waals surface area (Å²) in [7, 11) is -2.96. The fraction of sp³-hybridized carbons (Fsp3) is 0.368. The van der Waals surface area contributed by atoms with Gasteiger partial charge in [0.1, 0.15) is 0 Å². The Morgan fingerprint density at radius 1 is 1.26 bits per heavy atom. The summed E-state index contributed by atoms with van der Waals surface area (Å²) in [5, 5.41) is 6.13. The van der Waals surface area contributed by atoms with Crippen LogP contribution in [-0.2, 0) is 22.9 Å². The molecule has 0 aliphatic carbocycles. The first-order chi connectivity index (χ1) is 13.0. The van der Waals surface area contributed by atoms with E-state index in [1.807, 2.05) is 42.6 Å². The zero-order valence-electron chi connectivity index (χ0n) is 15.0. The van der Waals surface area contributed by atoms with Gasteiger partial charge >= 0.3 is 0 Å². The van der Waals surface area contributed by atoms with Crippen molar-refractivity contribution in [2.24, 2.45) is 0 Å². The smallest absolute Gasteiger partial charge is 0.241 e. The van der Waals surface area contributed by atoms with Crippen LogP contribution in [0.1, 0.15) is 22.8 Å². The molecule has 0 radical (unpaired) electrons. The lowest BCUT2D eigenvalue weighted by Crippen LogP contribution is -2.35. The van der Waals surface area contributed by atoms with Crippen molar-refractivity contribution in [3.63, 3.8) is 0 Å². The van der Waals surface area contributed by atoms with E-state index in [0.29, 0.717) is 31.2 Å². The van der Waals surface area contributed by atoms with Gasteiger partial charge in [-0.05, 0) is 30.9 Å². The van der Waals surface area contributed by atoms with Gasteiger partial charge in [-0.15, -0.1) is 11.3 Å². The predicted octanol–water partition coefficient (Wildman–Crippen LogP) is 3.30. The molecule has 1 fully saturated rings. The number of hydrogen-bond acceptors (Lipinski definition) is 7. The van der Waals surface area contributed by atoms with Crippen LogP contribution in [0.2, 0.25) is 0 Å². The summed E-state index contributed by atoms with van der Waals surface area (Å²) in [6.45, 7) is 3.14. The van der Waals surface area contributed by atoms with Gasteiger partial charge in [0.05, 0.1) is 18.1 Å². The van der Waals surface area contributed by atoms with E-state index in [4.69, 9.17) is 4.52 Å².